The fourth-order valence-corrected chi connectivity index (χ4v) is 2.04. The van der Waals surface area contributed by atoms with Crippen LogP contribution in [0.1, 0.15) is 11.6 Å². The largest absolute Gasteiger partial charge is 0.463 e. The number of benzene rings is 1. The number of carbonyl (C=O) groups excluding carboxylic acids is 2. The lowest BCUT2D eigenvalue weighted by molar-refractivity contribution is -0.151. The highest BCUT2D eigenvalue weighted by molar-refractivity contribution is 6.36. The summed E-state index contributed by atoms with van der Waals surface area (Å²) in [7, 11) is 2.60. The molecule has 1 fully saturated rings. The number of hydrogen-bond donors (Lipinski definition) is 0. The van der Waals surface area contributed by atoms with E-state index in [9.17, 15) is 18.4 Å². The van der Waals surface area contributed by atoms with Gasteiger partial charge in [-0.3, -0.25) is 9.69 Å². The lowest BCUT2D eigenvalue weighted by atomic mass is 10.1. The average Bonchev–Trinajstić information content (AvgIpc) is 2.98. The Morgan fingerprint density at radius 1 is 1.28 bits per heavy atom. The van der Waals surface area contributed by atoms with Crippen molar-refractivity contribution in [3.8, 4) is 0 Å². The van der Waals surface area contributed by atoms with Crippen molar-refractivity contribution in [1.82, 2.24) is 4.90 Å². The molecule has 1 aliphatic heterocycles. The van der Waals surface area contributed by atoms with E-state index in [-0.39, 0.29) is 5.56 Å². The summed E-state index contributed by atoms with van der Waals surface area (Å²) in [5.74, 6) is -3.27. The maximum absolute atomic E-state index is 13.5. The van der Waals surface area contributed by atoms with Crippen LogP contribution >= 0.6 is 0 Å². The molecule has 0 aliphatic carbocycles. The van der Waals surface area contributed by atoms with Crippen LogP contribution in [0.5, 0.6) is 0 Å². The van der Waals surface area contributed by atoms with Gasteiger partial charge in [-0.1, -0.05) is 6.07 Å². The molecule has 6 heteroatoms. The van der Waals surface area contributed by atoms with Gasteiger partial charge in [-0.2, -0.15) is 0 Å². The lowest BCUT2D eigenvalue weighted by Gasteiger charge is -2.02. The number of halogens is 2. The average molecular weight is 255 g/mol. The number of ether oxygens (including phenoxy) is 1. The van der Waals surface area contributed by atoms with E-state index >= 15 is 0 Å². The highest BCUT2D eigenvalue weighted by atomic mass is 19.1. The van der Waals surface area contributed by atoms with E-state index in [1.54, 1.807) is 0 Å². The lowest BCUT2D eigenvalue weighted by Crippen LogP contribution is -2.23. The number of likely N-dealkylation sites (N-methyl/N-ethyl adjacent to an activating group) is 1. The predicted molar refractivity (Wildman–Crippen MR) is 57.7 cm³/mol. The fraction of sp³-hybridized carbons (Fsp3) is 0.333. The molecule has 0 saturated carbocycles. The number of rotatable bonds is 3. The number of esters is 1. The number of nitrogens with zero attached hydrogens (tertiary/aromatic N) is 1. The Morgan fingerprint density at radius 3 is 2.33 bits per heavy atom. The maximum Gasteiger partial charge on any atom is 0.376 e. The summed E-state index contributed by atoms with van der Waals surface area (Å²) in [5.41, 5.74) is -0.192. The first-order valence-electron chi connectivity index (χ1n) is 5.27. The van der Waals surface area contributed by atoms with Gasteiger partial charge in [0, 0.05) is 5.56 Å². The third-order valence-corrected chi connectivity index (χ3v) is 3.04. The van der Waals surface area contributed by atoms with Crippen LogP contribution in [0.4, 0.5) is 8.78 Å². The second-order valence-electron chi connectivity index (χ2n) is 4.05. The van der Waals surface area contributed by atoms with Gasteiger partial charge in [0.15, 0.2) is 0 Å². The molecule has 0 aromatic heterocycles. The Labute approximate surface area is 102 Å². The normalized spacial score (nSPS) is 25.7. The molecule has 18 heavy (non-hydrogen) atoms. The summed E-state index contributed by atoms with van der Waals surface area (Å²) in [4.78, 5) is 24.1. The first-order valence-corrected chi connectivity index (χ1v) is 5.27. The van der Waals surface area contributed by atoms with Crippen LogP contribution in [0.25, 0.3) is 0 Å². The third-order valence-electron chi connectivity index (χ3n) is 3.04. The Balaban J connectivity index is 2.28. The van der Waals surface area contributed by atoms with Crippen LogP contribution in [-0.4, -0.2) is 36.9 Å². The van der Waals surface area contributed by atoms with Crippen molar-refractivity contribution in [2.45, 2.75) is 12.1 Å². The first-order chi connectivity index (χ1) is 8.49. The van der Waals surface area contributed by atoms with Crippen molar-refractivity contribution in [2.75, 3.05) is 14.2 Å². The van der Waals surface area contributed by atoms with Crippen LogP contribution in [0.15, 0.2) is 18.2 Å². The van der Waals surface area contributed by atoms with Crippen molar-refractivity contribution < 1.29 is 23.1 Å². The molecule has 1 heterocycles. The zero-order valence-corrected chi connectivity index (χ0v) is 9.81. The van der Waals surface area contributed by atoms with Gasteiger partial charge in [-0.25, -0.2) is 13.6 Å². The van der Waals surface area contributed by atoms with E-state index in [0.717, 1.165) is 19.2 Å². The van der Waals surface area contributed by atoms with Gasteiger partial charge in [0.25, 0.3) is 5.78 Å². The minimum absolute atomic E-state index is 0.192. The number of ketones is 1. The summed E-state index contributed by atoms with van der Waals surface area (Å²) in [6.45, 7) is 0. The third kappa shape index (κ3) is 1.88. The van der Waals surface area contributed by atoms with Gasteiger partial charge in [0.05, 0.1) is 13.2 Å². The number of hydrogen-bond acceptors (Lipinski definition) is 4. The minimum atomic E-state index is -1.01. The van der Waals surface area contributed by atoms with E-state index in [1.165, 1.54) is 18.0 Å². The van der Waals surface area contributed by atoms with Crippen LogP contribution in [-0.2, 0) is 14.3 Å². The maximum atomic E-state index is 13.5. The summed E-state index contributed by atoms with van der Waals surface area (Å²) >= 11 is 0. The molecule has 1 unspecified atom stereocenters. The quantitative estimate of drug-likeness (QED) is 0.460. The minimum Gasteiger partial charge on any atom is -0.463 e. The highest BCUT2D eigenvalue weighted by Crippen LogP contribution is 2.43. The van der Waals surface area contributed by atoms with Gasteiger partial charge in [-0.05, 0) is 19.2 Å². The molecule has 1 saturated heterocycles. The van der Waals surface area contributed by atoms with Gasteiger partial charge in [0.1, 0.15) is 17.7 Å². The van der Waals surface area contributed by atoms with Gasteiger partial charge in [0.2, 0.25) is 0 Å². The summed E-state index contributed by atoms with van der Waals surface area (Å²) in [5, 5.41) is 0. The highest BCUT2D eigenvalue weighted by Gasteiger charge is 2.54. The van der Waals surface area contributed by atoms with Crippen LogP contribution < -0.4 is 0 Å². The zero-order valence-electron chi connectivity index (χ0n) is 9.81. The molecule has 0 N–H and O–H groups in total. The Morgan fingerprint density at radius 2 is 1.83 bits per heavy atom. The fourth-order valence-electron chi connectivity index (χ4n) is 2.04. The van der Waals surface area contributed by atoms with Crippen molar-refractivity contribution in [3.63, 3.8) is 0 Å². The van der Waals surface area contributed by atoms with Gasteiger partial charge < -0.3 is 4.74 Å². The smallest absolute Gasteiger partial charge is 0.376 e. The molecule has 1 aromatic carbocycles. The van der Waals surface area contributed by atoms with Crippen LogP contribution in [0.2, 0.25) is 0 Å². The van der Waals surface area contributed by atoms with Crippen LogP contribution in [0, 0.1) is 11.6 Å². The molecule has 2 rings (SSSR count). The SMILES string of the molecule is COC(=O)C(=O)[C@H]1[C@@H](c2c(F)cccc2F)N1C. The zero-order chi connectivity index (χ0) is 13.4. The second-order valence-corrected chi connectivity index (χ2v) is 4.05. The standard InChI is InChI=1S/C12H11F2NO3/c1-15-9(10(15)11(16)12(17)18-2)8-6(13)4-3-5-7(8)14/h3-5,9-10H,1-2H3/t9-,10-,15?/m1/s1. The van der Waals surface area contributed by atoms with Gasteiger partial charge in [-0.15, -0.1) is 0 Å². The molecular formula is C12H11F2NO3. The molecule has 0 amide bonds. The van der Waals surface area contributed by atoms with E-state index in [1.807, 2.05) is 0 Å². The molecule has 0 spiro atoms. The molecule has 0 radical (unpaired) electrons. The van der Waals surface area contributed by atoms with Crippen molar-refractivity contribution in [1.29, 1.82) is 0 Å². The van der Waals surface area contributed by atoms with E-state index < -0.39 is 35.5 Å². The van der Waals surface area contributed by atoms with Crippen LogP contribution in [0.3, 0.4) is 0 Å². The summed E-state index contributed by atoms with van der Waals surface area (Å²) < 4.78 is 31.4. The molecule has 1 aliphatic rings. The number of carbonyl (C=O) groups is 2. The molecule has 1 aromatic rings. The van der Waals surface area contributed by atoms with Crippen molar-refractivity contribution in [2.24, 2.45) is 0 Å². The molecule has 4 nitrogen and oxygen atoms in total. The van der Waals surface area contributed by atoms with Gasteiger partial charge >= 0.3 is 5.97 Å². The molecular weight excluding hydrogens is 244 g/mol. The monoisotopic (exact) mass is 255 g/mol. The van der Waals surface area contributed by atoms with E-state index in [0.29, 0.717) is 0 Å². The first kappa shape index (κ1) is 12.6. The summed E-state index contributed by atoms with van der Waals surface area (Å²) in [6, 6.07) is 1.86. The number of Topliss-reactive ketones (excluding diaryl/α,β-unsaturated/α-hetero) is 1. The topological polar surface area (TPSA) is 46.4 Å². The van der Waals surface area contributed by atoms with E-state index in [2.05, 4.69) is 4.74 Å². The number of methoxy groups -OCH3 is 1. The second kappa shape index (κ2) is 4.45. The van der Waals surface area contributed by atoms with E-state index in [4.69, 9.17) is 0 Å². The Hall–Kier alpha value is -1.82. The molecule has 3 atom stereocenters. The summed E-state index contributed by atoms with van der Waals surface area (Å²) in [6.07, 6.45) is 0. The predicted octanol–water partition coefficient (Wildman–Crippen LogP) is 1.06. The Bertz CT molecular complexity index is 498. The Kier molecular flexibility index (Phi) is 3.13. The van der Waals surface area contributed by atoms with Crippen molar-refractivity contribution in [3.05, 3.63) is 35.4 Å². The molecule has 96 valence electrons. The van der Waals surface area contributed by atoms with Crippen molar-refractivity contribution >= 4 is 11.8 Å². The molecule has 0 bridgehead atoms.